The highest BCUT2D eigenvalue weighted by Crippen LogP contribution is 2.18. The molecule has 1 heterocycles. The molecular weight excluding hydrogens is 406 g/mol. The molecule has 2 N–H and O–H groups in total. The molecule has 0 aliphatic heterocycles. The van der Waals surface area contributed by atoms with E-state index in [9.17, 15) is 14.4 Å². The minimum absolute atomic E-state index is 0.0828. The van der Waals surface area contributed by atoms with Gasteiger partial charge >= 0.3 is 5.97 Å². The molecule has 0 unspecified atom stereocenters. The second-order valence-corrected chi connectivity index (χ2v) is 6.89. The van der Waals surface area contributed by atoms with Crippen molar-refractivity contribution in [3.8, 4) is 5.75 Å². The summed E-state index contributed by atoms with van der Waals surface area (Å²) in [5.74, 6) is -1.82. The first-order chi connectivity index (χ1) is 14.6. The first-order valence-electron chi connectivity index (χ1n) is 8.94. The van der Waals surface area contributed by atoms with Crippen LogP contribution in [0.3, 0.4) is 0 Å². The van der Waals surface area contributed by atoms with Gasteiger partial charge in [-0.1, -0.05) is 42.5 Å². The summed E-state index contributed by atoms with van der Waals surface area (Å²) in [6, 6.07) is 16.2. The molecule has 154 valence electrons. The fourth-order valence-corrected chi connectivity index (χ4v) is 3.17. The minimum Gasteiger partial charge on any atom is -0.496 e. The van der Waals surface area contributed by atoms with Crippen LogP contribution in [0.4, 0.5) is 5.13 Å². The highest BCUT2D eigenvalue weighted by Gasteiger charge is 2.17. The number of hydrogen-bond donors (Lipinski definition) is 2. The maximum Gasteiger partial charge on any atom is 0.358 e. The van der Waals surface area contributed by atoms with Crippen LogP contribution in [0.5, 0.6) is 5.75 Å². The van der Waals surface area contributed by atoms with Crippen LogP contribution in [0.15, 0.2) is 60.0 Å². The number of carbonyl (C=O) groups is 3. The smallest absolute Gasteiger partial charge is 0.358 e. The van der Waals surface area contributed by atoms with Gasteiger partial charge < -0.3 is 14.8 Å². The Balaban J connectivity index is 1.47. The number of thiazole rings is 1. The van der Waals surface area contributed by atoms with E-state index in [-0.39, 0.29) is 11.3 Å². The lowest BCUT2D eigenvalue weighted by Crippen LogP contribution is -2.34. The predicted molar refractivity (Wildman–Crippen MR) is 112 cm³/mol. The molecule has 1 aromatic heterocycles. The molecule has 0 atom stereocenters. The molecule has 0 aliphatic carbocycles. The Morgan fingerprint density at radius 1 is 1.03 bits per heavy atom. The van der Waals surface area contributed by atoms with E-state index in [1.165, 1.54) is 29.9 Å². The van der Waals surface area contributed by atoms with Gasteiger partial charge in [-0.25, -0.2) is 9.78 Å². The summed E-state index contributed by atoms with van der Waals surface area (Å²) < 4.78 is 10.0. The van der Waals surface area contributed by atoms with Crippen LogP contribution in [0.1, 0.15) is 26.4 Å². The van der Waals surface area contributed by atoms with E-state index in [2.05, 4.69) is 15.6 Å². The van der Waals surface area contributed by atoms with E-state index in [0.29, 0.717) is 17.4 Å². The first-order valence-corrected chi connectivity index (χ1v) is 9.82. The van der Waals surface area contributed by atoms with Gasteiger partial charge in [-0.2, -0.15) is 0 Å². The highest BCUT2D eigenvalue weighted by atomic mass is 32.1. The quantitative estimate of drug-likeness (QED) is 0.535. The minimum atomic E-state index is -0.753. The average Bonchev–Trinajstić information content (AvgIpc) is 3.26. The van der Waals surface area contributed by atoms with Crippen molar-refractivity contribution in [2.45, 2.75) is 6.54 Å². The van der Waals surface area contributed by atoms with Crippen LogP contribution >= 0.6 is 11.3 Å². The number of carbonyl (C=O) groups excluding carboxylic acids is 3. The number of anilines is 1. The summed E-state index contributed by atoms with van der Waals surface area (Å²) in [7, 11) is 1.42. The van der Waals surface area contributed by atoms with Crippen molar-refractivity contribution in [2.24, 2.45) is 0 Å². The van der Waals surface area contributed by atoms with E-state index in [1.807, 2.05) is 30.3 Å². The molecule has 0 radical (unpaired) electrons. The number of para-hydroxylation sites is 1. The SMILES string of the molecule is COc1ccccc1C(=O)NC(=O)COC(=O)c1csc(NCc2ccccc2)n1. The van der Waals surface area contributed by atoms with Crippen molar-refractivity contribution < 1.29 is 23.9 Å². The van der Waals surface area contributed by atoms with Gasteiger partial charge in [0.2, 0.25) is 0 Å². The van der Waals surface area contributed by atoms with Gasteiger partial charge in [0.05, 0.1) is 12.7 Å². The Hall–Kier alpha value is -3.72. The van der Waals surface area contributed by atoms with Crippen molar-refractivity contribution in [2.75, 3.05) is 19.0 Å². The number of imide groups is 1. The number of rotatable bonds is 8. The molecule has 3 rings (SSSR count). The van der Waals surface area contributed by atoms with E-state index < -0.39 is 24.4 Å². The zero-order valence-corrected chi connectivity index (χ0v) is 16.9. The third-order valence-corrected chi connectivity index (χ3v) is 4.74. The Kier molecular flexibility index (Phi) is 7.12. The monoisotopic (exact) mass is 425 g/mol. The maximum absolute atomic E-state index is 12.2. The Morgan fingerprint density at radius 2 is 1.77 bits per heavy atom. The lowest BCUT2D eigenvalue weighted by molar-refractivity contribution is -0.123. The molecule has 0 fully saturated rings. The van der Waals surface area contributed by atoms with E-state index in [0.717, 1.165) is 5.56 Å². The normalized spacial score (nSPS) is 10.2. The average molecular weight is 425 g/mol. The summed E-state index contributed by atoms with van der Waals surface area (Å²) >= 11 is 1.25. The van der Waals surface area contributed by atoms with Crippen LogP contribution in [0.2, 0.25) is 0 Å². The summed E-state index contributed by atoms with van der Waals surface area (Å²) in [6.45, 7) is -0.0413. The number of aromatic nitrogens is 1. The zero-order valence-electron chi connectivity index (χ0n) is 16.1. The first kappa shape index (κ1) is 21.0. The fourth-order valence-electron chi connectivity index (χ4n) is 2.49. The number of nitrogens with zero attached hydrogens (tertiary/aromatic N) is 1. The topological polar surface area (TPSA) is 107 Å². The molecule has 2 aromatic carbocycles. The van der Waals surface area contributed by atoms with Gasteiger partial charge in [0.25, 0.3) is 11.8 Å². The highest BCUT2D eigenvalue weighted by molar-refractivity contribution is 7.13. The summed E-state index contributed by atoms with van der Waals surface area (Å²) in [6.07, 6.45) is 0. The van der Waals surface area contributed by atoms with Gasteiger partial charge in [0.15, 0.2) is 17.4 Å². The van der Waals surface area contributed by atoms with Gasteiger partial charge in [-0.3, -0.25) is 14.9 Å². The van der Waals surface area contributed by atoms with Crippen LogP contribution in [0, 0.1) is 0 Å². The second kappa shape index (κ2) is 10.2. The second-order valence-electron chi connectivity index (χ2n) is 6.03. The lowest BCUT2D eigenvalue weighted by Gasteiger charge is -2.08. The van der Waals surface area contributed by atoms with Gasteiger partial charge in [0, 0.05) is 11.9 Å². The molecule has 3 aromatic rings. The number of benzene rings is 2. The molecule has 0 bridgehead atoms. The zero-order chi connectivity index (χ0) is 21.3. The number of methoxy groups -OCH3 is 1. The molecule has 8 nitrogen and oxygen atoms in total. The van der Waals surface area contributed by atoms with Crippen LogP contribution in [0.25, 0.3) is 0 Å². The Bertz CT molecular complexity index is 1040. The summed E-state index contributed by atoms with van der Waals surface area (Å²) in [5, 5.41) is 7.37. The lowest BCUT2D eigenvalue weighted by atomic mass is 10.2. The number of amides is 2. The fraction of sp³-hybridized carbons (Fsp3) is 0.143. The molecule has 0 spiro atoms. The molecule has 0 saturated carbocycles. The molecule has 9 heteroatoms. The predicted octanol–water partition coefficient (Wildman–Crippen LogP) is 2.88. The van der Waals surface area contributed by atoms with Crippen molar-refractivity contribution >= 4 is 34.3 Å². The molecule has 2 amide bonds. The summed E-state index contributed by atoms with van der Waals surface area (Å²) in [5.41, 5.74) is 1.36. The number of esters is 1. The van der Waals surface area contributed by atoms with Crippen LogP contribution in [-0.4, -0.2) is 36.5 Å². The Morgan fingerprint density at radius 3 is 2.53 bits per heavy atom. The third-order valence-electron chi connectivity index (χ3n) is 3.94. The molecule has 30 heavy (non-hydrogen) atoms. The van der Waals surface area contributed by atoms with Crippen molar-refractivity contribution in [3.05, 3.63) is 76.8 Å². The van der Waals surface area contributed by atoms with E-state index in [4.69, 9.17) is 9.47 Å². The van der Waals surface area contributed by atoms with Gasteiger partial charge in [0.1, 0.15) is 5.75 Å². The van der Waals surface area contributed by atoms with Gasteiger partial charge in [-0.15, -0.1) is 11.3 Å². The van der Waals surface area contributed by atoms with Crippen molar-refractivity contribution in [1.29, 1.82) is 0 Å². The summed E-state index contributed by atoms with van der Waals surface area (Å²) in [4.78, 5) is 40.4. The maximum atomic E-state index is 12.2. The van der Waals surface area contributed by atoms with Crippen LogP contribution in [-0.2, 0) is 16.1 Å². The number of ether oxygens (including phenoxy) is 2. The number of hydrogen-bond acceptors (Lipinski definition) is 8. The van der Waals surface area contributed by atoms with E-state index >= 15 is 0 Å². The van der Waals surface area contributed by atoms with Crippen LogP contribution < -0.4 is 15.4 Å². The standard InChI is InChI=1S/C21H19N3O5S/c1-28-17-10-6-5-9-15(17)19(26)24-18(25)12-29-20(27)16-13-30-21(23-16)22-11-14-7-3-2-4-8-14/h2-10,13H,11-12H2,1H3,(H,22,23)(H,24,25,26). The third kappa shape index (κ3) is 5.65. The Labute approximate surface area is 176 Å². The molecule has 0 aliphatic rings. The van der Waals surface area contributed by atoms with E-state index in [1.54, 1.807) is 18.2 Å². The number of nitrogens with one attached hydrogen (secondary N) is 2. The molecule has 0 saturated heterocycles. The van der Waals surface area contributed by atoms with Gasteiger partial charge in [-0.05, 0) is 17.7 Å². The van der Waals surface area contributed by atoms with Crippen molar-refractivity contribution in [3.63, 3.8) is 0 Å². The molecular formula is C21H19N3O5S. The largest absolute Gasteiger partial charge is 0.496 e. The van der Waals surface area contributed by atoms with Crippen molar-refractivity contribution in [1.82, 2.24) is 10.3 Å².